The molecule has 0 aliphatic heterocycles. The van der Waals surface area contributed by atoms with Gasteiger partial charge in [0.25, 0.3) is 0 Å². The summed E-state index contributed by atoms with van der Waals surface area (Å²) < 4.78 is 23.0. The predicted octanol–water partition coefficient (Wildman–Crippen LogP) is 1.97. The van der Waals surface area contributed by atoms with Gasteiger partial charge in [-0.25, -0.2) is 8.99 Å². The lowest BCUT2D eigenvalue weighted by Gasteiger charge is -2.06. The minimum Gasteiger partial charge on any atom is -0.396 e. The third kappa shape index (κ3) is 2.54. The number of para-hydroxylation sites is 1. The first kappa shape index (κ1) is 9.06. The third-order valence-electron chi connectivity index (χ3n) is 1.34. The van der Waals surface area contributed by atoms with Gasteiger partial charge >= 0.3 is 0 Å². The molecule has 66 valence electrons. The molecule has 1 unspecified atom stereocenters. The highest BCUT2D eigenvalue weighted by Crippen LogP contribution is 2.17. The molecule has 0 heterocycles. The monoisotopic (exact) mass is 185 g/mol. The maximum absolute atomic E-state index is 11.0. The molecule has 1 rings (SSSR count). The first-order valence-electron chi connectivity index (χ1n) is 3.48. The van der Waals surface area contributed by atoms with Crippen LogP contribution in [0.3, 0.4) is 0 Å². The van der Waals surface area contributed by atoms with Gasteiger partial charge in [0.1, 0.15) is 5.75 Å². The van der Waals surface area contributed by atoms with Gasteiger partial charge in [-0.1, -0.05) is 18.2 Å². The van der Waals surface area contributed by atoms with Crippen molar-refractivity contribution in [2.45, 2.75) is 6.92 Å². The van der Waals surface area contributed by atoms with Crippen molar-refractivity contribution in [1.29, 1.82) is 4.78 Å². The van der Waals surface area contributed by atoms with E-state index in [0.29, 0.717) is 5.75 Å². The summed E-state index contributed by atoms with van der Waals surface area (Å²) in [4.78, 5) is 0. The van der Waals surface area contributed by atoms with Gasteiger partial charge in [0.2, 0.25) is 0 Å². The first-order chi connectivity index (χ1) is 5.49. The van der Waals surface area contributed by atoms with E-state index in [1.165, 1.54) is 6.26 Å². The topological polar surface area (TPSA) is 50.1 Å². The van der Waals surface area contributed by atoms with E-state index < -0.39 is 10.0 Å². The molecule has 0 spiro atoms. The van der Waals surface area contributed by atoms with Gasteiger partial charge in [0, 0.05) is 0 Å². The summed E-state index contributed by atoms with van der Waals surface area (Å²) in [5.41, 5.74) is 0.888. The van der Waals surface area contributed by atoms with E-state index in [-0.39, 0.29) is 0 Å². The number of nitrogens with one attached hydrogen (secondary N) is 1. The van der Waals surface area contributed by atoms with Crippen molar-refractivity contribution < 1.29 is 8.39 Å². The van der Waals surface area contributed by atoms with E-state index in [1.807, 2.05) is 19.1 Å². The van der Waals surface area contributed by atoms with Crippen molar-refractivity contribution in [2.24, 2.45) is 0 Å². The Balaban J connectivity index is 2.98. The van der Waals surface area contributed by atoms with Gasteiger partial charge in [0.05, 0.1) is 6.26 Å². The molecule has 4 heteroatoms. The average molecular weight is 185 g/mol. The zero-order valence-corrected chi connectivity index (χ0v) is 7.85. The number of rotatable bonds is 2. The molecule has 0 aliphatic rings. The van der Waals surface area contributed by atoms with E-state index in [4.69, 9.17) is 8.96 Å². The molecule has 0 amide bonds. The van der Waals surface area contributed by atoms with Crippen LogP contribution >= 0.6 is 0 Å². The normalized spacial score (nSPS) is 15.2. The van der Waals surface area contributed by atoms with Crippen LogP contribution in [-0.4, -0.2) is 10.5 Å². The van der Waals surface area contributed by atoms with Crippen LogP contribution < -0.4 is 4.18 Å². The molecule has 0 saturated carbocycles. The summed E-state index contributed by atoms with van der Waals surface area (Å²) in [6.07, 6.45) is 1.25. The number of hydrogen-bond acceptors (Lipinski definition) is 3. The van der Waals surface area contributed by atoms with Crippen LogP contribution in [0.15, 0.2) is 24.3 Å². The minimum atomic E-state index is -2.90. The highest BCUT2D eigenvalue weighted by molar-refractivity contribution is 7.87. The molecule has 0 aliphatic carbocycles. The summed E-state index contributed by atoms with van der Waals surface area (Å²) in [6.45, 7) is 1.85. The molecular weight excluding hydrogens is 174 g/mol. The molecule has 1 atom stereocenters. The zero-order valence-electron chi connectivity index (χ0n) is 7.03. The SMILES string of the molecule is Cc1ccccc1OS(C)(=N)=O. The van der Waals surface area contributed by atoms with E-state index in [1.54, 1.807) is 12.1 Å². The van der Waals surface area contributed by atoms with Crippen LogP contribution in [0.5, 0.6) is 5.75 Å². The van der Waals surface area contributed by atoms with Crippen LogP contribution in [0.4, 0.5) is 0 Å². The molecule has 1 N–H and O–H groups in total. The van der Waals surface area contributed by atoms with Crippen molar-refractivity contribution >= 4 is 10.0 Å². The second-order valence-corrected chi connectivity index (χ2v) is 4.33. The summed E-state index contributed by atoms with van der Waals surface area (Å²) in [6, 6.07) is 7.20. The van der Waals surface area contributed by atoms with E-state index in [0.717, 1.165) is 5.56 Å². The summed E-state index contributed by atoms with van der Waals surface area (Å²) in [5, 5.41) is 0. The fourth-order valence-electron chi connectivity index (χ4n) is 0.821. The quantitative estimate of drug-likeness (QED) is 0.765. The van der Waals surface area contributed by atoms with Crippen molar-refractivity contribution in [3.8, 4) is 5.75 Å². The van der Waals surface area contributed by atoms with Crippen molar-refractivity contribution in [3.63, 3.8) is 0 Å². The van der Waals surface area contributed by atoms with Crippen LogP contribution in [0.2, 0.25) is 0 Å². The molecule has 3 nitrogen and oxygen atoms in total. The van der Waals surface area contributed by atoms with Crippen molar-refractivity contribution in [3.05, 3.63) is 29.8 Å². The molecule has 0 bridgehead atoms. The Labute approximate surface area is 72.6 Å². The molecule has 1 aromatic carbocycles. The molecule has 0 fully saturated rings. The molecule has 1 aromatic rings. The van der Waals surface area contributed by atoms with Gasteiger partial charge in [-0.05, 0) is 18.6 Å². The van der Waals surface area contributed by atoms with Gasteiger partial charge in [-0.3, -0.25) is 0 Å². The maximum atomic E-state index is 11.0. The van der Waals surface area contributed by atoms with Crippen molar-refractivity contribution in [2.75, 3.05) is 6.26 Å². The standard InChI is InChI=1S/C8H11NO2S/c1-7-5-3-4-6-8(7)11-12(2,9)10/h3-6,9H,1-2H3. The fraction of sp³-hybridized carbons (Fsp3) is 0.250. The van der Waals surface area contributed by atoms with Gasteiger partial charge in [-0.2, -0.15) is 0 Å². The summed E-state index contributed by atoms with van der Waals surface area (Å²) >= 11 is 0. The molecule has 12 heavy (non-hydrogen) atoms. The van der Waals surface area contributed by atoms with Gasteiger partial charge in [0.15, 0.2) is 10.0 Å². The Morgan fingerprint density at radius 1 is 1.42 bits per heavy atom. The van der Waals surface area contributed by atoms with E-state index >= 15 is 0 Å². The van der Waals surface area contributed by atoms with E-state index in [9.17, 15) is 4.21 Å². The highest BCUT2D eigenvalue weighted by Gasteiger charge is 2.02. The number of aryl methyl sites for hydroxylation is 1. The molecular formula is C8H11NO2S. The summed E-state index contributed by atoms with van der Waals surface area (Å²) in [5.74, 6) is 0.514. The summed E-state index contributed by atoms with van der Waals surface area (Å²) in [7, 11) is -2.90. The molecule has 0 saturated heterocycles. The van der Waals surface area contributed by atoms with Crippen LogP contribution in [0.1, 0.15) is 5.56 Å². The Hall–Kier alpha value is -1.03. The predicted molar refractivity (Wildman–Crippen MR) is 48.6 cm³/mol. The van der Waals surface area contributed by atoms with Crippen molar-refractivity contribution in [1.82, 2.24) is 0 Å². The van der Waals surface area contributed by atoms with Crippen LogP contribution in [0.25, 0.3) is 0 Å². The van der Waals surface area contributed by atoms with Crippen LogP contribution in [-0.2, 0) is 10.0 Å². The second-order valence-electron chi connectivity index (χ2n) is 2.62. The largest absolute Gasteiger partial charge is 0.396 e. The third-order valence-corrected chi connectivity index (χ3v) is 1.84. The maximum Gasteiger partial charge on any atom is 0.200 e. The first-order valence-corrected chi connectivity index (χ1v) is 5.37. The van der Waals surface area contributed by atoms with E-state index in [2.05, 4.69) is 0 Å². The van der Waals surface area contributed by atoms with Crippen LogP contribution in [0, 0.1) is 11.7 Å². The average Bonchev–Trinajstić information content (AvgIpc) is 1.91. The number of benzene rings is 1. The van der Waals surface area contributed by atoms with Gasteiger partial charge in [-0.15, -0.1) is 0 Å². The Morgan fingerprint density at radius 3 is 2.50 bits per heavy atom. The second kappa shape index (κ2) is 3.15. The Kier molecular flexibility index (Phi) is 2.38. The number of hydrogen-bond donors (Lipinski definition) is 1. The Morgan fingerprint density at radius 2 is 2.00 bits per heavy atom. The lowest BCUT2D eigenvalue weighted by Crippen LogP contribution is -2.04. The Bertz CT molecular complexity index is 370. The molecule has 0 aromatic heterocycles. The fourth-order valence-corrected chi connectivity index (χ4v) is 1.35. The zero-order chi connectivity index (χ0) is 9.19. The van der Waals surface area contributed by atoms with Gasteiger partial charge < -0.3 is 4.18 Å². The molecule has 0 radical (unpaired) electrons. The highest BCUT2D eigenvalue weighted by atomic mass is 32.2. The lowest BCUT2D eigenvalue weighted by molar-refractivity contribution is 0.551. The minimum absolute atomic E-state index is 0.514. The lowest BCUT2D eigenvalue weighted by atomic mass is 10.2. The smallest absolute Gasteiger partial charge is 0.200 e.